The molecule has 0 bridgehead atoms. The van der Waals surface area contributed by atoms with E-state index in [2.05, 4.69) is 12.2 Å². The molecule has 16 heavy (non-hydrogen) atoms. The smallest absolute Gasteiger partial charge is 0.227 e. The van der Waals surface area contributed by atoms with Crippen LogP contribution in [0.5, 0.6) is 0 Å². The Balaban J connectivity index is 1.86. The third-order valence-corrected chi connectivity index (χ3v) is 4.29. The van der Waals surface area contributed by atoms with E-state index in [9.17, 15) is 4.79 Å². The molecule has 92 valence electrons. The van der Waals surface area contributed by atoms with E-state index in [1.54, 1.807) is 0 Å². The minimum absolute atomic E-state index is 0.222. The fourth-order valence-electron chi connectivity index (χ4n) is 3.30. The highest BCUT2D eigenvalue weighted by atomic mass is 16.2. The van der Waals surface area contributed by atoms with E-state index in [4.69, 9.17) is 5.73 Å². The van der Waals surface area contributed by atoms with Gasteiger partial charge in [0, 0.05) is 12.6 Å². The average molecular weight is 224 g/mol. The lowest BCUT2D eigenvalue weighted by atomic mass is 9.62. The average Bonchev–Trinajstić information content (AvgIpc) is 2.25. The van der Waals surface area contributed by atoms with Gasteiger partial charge in [-0.3, -0.25) is 4.79 Å². The van der Waals surface area contributed by atoms with Gasteiger partial charge in [0.25, 0.3) is 0 Å². The van der Waals surface area contributed by atoms with E-state index in [1.165, 1.54) is 19.3 Å². The van der Waals surface area contributed by atoms with Gasteiger partial charge in [-0.25, -0.2) is 0 Å². The van der Waals surface area contributed by atoms with E-state index in [1.807, 2.05) is 0 Å². The first-order valence-corrected chi connectivity index (χ1v) is 6.67. The summed E-state index contributed by atoms with van der Waals surface area (Å²) in [5, 5.41) is 3.21. The number of nitrogens with one attached hydrogen (secondary N) is 1. The van der Waals surface area contributed by atoms with Gasteiger partial charge in [-0.1, -0.05) is 26.2 Å². The highest BCUT2D eigenvalue weighted by Gasteiger charge is 2.47. The largest absolute Gasteiger partial charge is 0.353 e. The van der Waals surface area contributed by atoms with Crippen LogP contribution >= 0.6 is 0 Å². The molecule has 2 fully saturated rings. The van der Waals surface area contributed by atoms with Crippen LogP contribution in [-0.4, -0.2) is 18.5 Å². The monoisotopic (exact) mass is 224 g/mol. The SMILES string of the molecule is CC1CC(CN)(C(=O)NC2CCCCC2)C1. The number of hydrogen-bond acceptors (Lipinski definition) is 2. The Morgan fingerprint density at radius 1 is 1.31 bits per heavy atom. The van der Waals surface area contributed by atoms with Crippen LogP contribution in [0.4, 0.5) is 0 Å². The second kappa shape index (κ2) is 4.74. The molecule has 0 radical (unpaired) electrons. The molecule has 0 aromatic heterocycles. The van der Waals surface area contributed by atoms with E-state index in [0.29, 0.717) is 18.5 Å². The lowest BCUT2D eigenvalue weighted by Crippen LogP contribution is -2.55. The molecule has 0 aromatic rings. The minimum Gasteiger partial charge on any atom is -0.353 e. The minimum atomic E-state index is -0.225. The molecule has 0 aliphatic heterocycles. The maximum Gasteiger partial charge on any atom is 0.227 e. The fourth-order valence-corrected chi connectivity index (χ4v) is 3.30. The molecule has 1 amide bonds. The first-order chi connectivity index (χ1) is 7.66. The van der Waals surface area contributed by atoms with Crippen molar-refractivity contribution >= 4 is 5.91 Å². The first kappa shape index (κ1) is 11.9. The quantitative estimate of drug-likeness (QED) is 0.768. The fraction of sp³-hybridized carbons (Fsp3) is 0.923. The summed E-state index contributed by atoms with van der Waals surface area (Å²) in [5.74, 6) is 0.889. The molecule has 0 saturated heterocycles. The van der Waals surface area contributed by atoms with Gasteiger partial charge in [0.2, 0.25) is 5.91 Å². The summed E-state index contributed by atoms with van der Waals surface area (Å²) >= 11 is 0. The molecular formula is C13H24N2O. The number of amides is 1. The zero-order valence-corrected chi connectivity index (χ0v) is 10.3. The molecular weight excluding hydrogens is 200 g/mol. The van der Waals surface area contributed by atoms with Gasteiger partial charge in [-0.05, 0) is 31.6 Å². The van der Waals surface area contributed by atoms with Crippen LogP contribution < -0.4 is 11.1 Å². The van der Waals surface area contributed by atoms with Gasteiger partial charge < -0.3 is 11.1 Å². The molecule has 2 aliphatic rings. The Kier molecular flexibility index (Phi) is 3.53. The second-order valence-electron chi connectivity index (χ2n) is 5.81. The van der Waals surface area contributed by atoms with Crippen LogP contribution in [0.2, 0.25) is 0 Å². The highest BCUT2D eigenvalue weighted by molar-refractivity contribution is 5.84. The van der Waals surface area contributed by atoms with E-state index in [0.717, 1.165) is 25.7 Å². The maximum absolute atomic E-state index is 12.2. The summed E-state index contributed by atoms with van der Waals surface area (Å²) in [6, 6.07) is 0.417. The summed E-state index contributed by atoms with van der Waals surface area (Å²) < 4.78 is 0. The summed E-state index contributed by atoms with van der Waals surface area (Å²) in [7, 11) is 0. The Bertz CT molecular complexity index is 253. The topological polar surface area (TPSA) is 55.1 Å². The zero-order chi connectivity index (χ0) is 11.6. The van der Waals surface area contributed by atoms with Crippen LogP contribution in [0.3, 0.4) is 0 Å². The summed E-state index contributed by atoms with van der Waals surface area (Å²) in [4.78, 5) is 12.2. The molecule has 3 heteroatoms. The molecule has 2 aliphatic carbocycles. The molecule has 2 rings (SSSR count). The molecule has 2 saturated carbocycles. The van der Waals surface area contributed by atoms with Crippen molar-refractivity contribution < 1.29 is 4.79 Å². The molecule has 0 heterocycles. The number of carbonyl (C=O) groups is 1. The van der Waals surface area contributed by atoms with E-state index < -0.39 is 0 Å². The Morgan fingerprint density at radius 3 is 2.44 bits per heavy atom. The third-order valence-electron chi connectivity index (χ3n) is 4.29. The molecule has 3 N–H and O–H groups in total. The van der Waals surface area contributed by atoms with Crippen molar-refractivity contribution in [1.29, 1.82) is 0 Å². The number of nitrogens with two attached hydrogens (primary N) is 1. The van der Waals surface area contributed by atoms with Crippen LogP contribution in [0.25, 0.3) is 0 Å². The van der Waals surface area contributed by atoms with Crippen molar-refractivity contribution in [2.45, 2.75) is 57.9 Å². The second-order valence-corrected chi connectivity index (χ2v) is 5.81. The predicted octanol–water partition coefficient (Wildman–Crippen LogP) is 1.81. The normalized spacial score (nSPS) is 35.5. The highest BCUT2D eigenvalue weighted by Crippen LogP contribution is 2.45. The van der Waals surface area contributed by atoms with E-state index >= 15 is 0 Å². The zero-order valence-electron chi connectivity index (χ0n) is 10.3. The molecule has 0 aromatic carbocycles. The van der Waals surface area contributed by atoms with Crippen molar-refractivity contribution in [3.8, 4) is 0 Å². The Hall–Kier alpha value is -0.570. The summed E-state index contributed by atoms with van der Waals surface area (Å²) in [6.07, 6.45) is 8.10. The standard InChI is InChI=1S/C13H24N2O/c1-10-7-13(8-10,9-14)12(16)15-11-5-3-2-4-6-11/h10-11H,2-9,14H2,1H3,(H,15,16). The molecule has 0 spiro atoms. The van der Waals surface area contributed by atoms with Crippen molar-refractivity contribution in [3.63, 3.8) is 0 Å². The van der Waals surface area contributed by atoms with Crippen LogP contribution in [0, 0.1) is 11.3 Å². The van der Waals surface area contributed by atoms with Crippen LogP contribution in [0.1, 0.15) is 51.9 Å². The van der Waals surface area contributed by atoms with Crippen molar-refractivity contribution in [3.05, 3.63) is 0 Å². The van der Waals surface area contributed by atoms with Crippen molar-refractivity contribution in [2.75, 3.05) is 6.54 Å². The van der Waals surface area contributed by atoms with Gasteiger partial charge >= 0.3 is 0 Å². The van der Waals surface area contributed by atoms with Gasteiger partial charge in [0.05, 0.1) is 5.41 Å². The van der Waals surface area contributed by atoms with Gasteiger partial charge in [0.1, 0.15) is 0 Å². The van der Waals surface area contributed by atoms with Crippen LogP contribution in [0.15, 0.2) is 0 Å². The third kappa shape index (κ3) is 2.24. The first-order valence-electron chi connectivity index (χ1n) is 6.67. The number of carbonyl (C=O) groups excluding carboxylic acids is 1. The van der Waals surface area contributed by atoms with Gasteiger partial charge in [-0.2, -0.15) is 0 Å². The van der Waals surface area contributed by atoms with Gasteiger partial charge in [0.15, 0.2) is 0 Å². The molecule has 0 unspecified atom stereocenters. The van der Waals surface area contributed by atoms with Crippen molar-refractivity contribution in [2.24, 2.45) is 17.1 Å². The molecule has 0 atom stereocenters. The number of hydrogen-bond donors (Lipinski definition) is 2. The van der Waals surface area contributed by atoms with Gasteiger partial charge in [-0.15, -0.1) is 0 Å². The van der Waals surface area contributed by atoms with E-state index in [-0.39, 0.29) is 11.3 Å². The maximum atomic E-state index is 12.2. The lowest BCUT2D eigenvalue weighted by molar-refractivity contribution is -0.139. The molecule has 3 nitrogen and oxygen atoms in total. The Labute approximate surface area is 98.2 Å². The lowest BCUT2D eigenvalue weighted by Gasteiger charge is -2.45. The van der Waals surface area contributed by atoms with Crippen molar-refractivity contribution in [1.82, 2.24) is 5.32 Å². The van der Waals surface area contributed by atoms with Crippen LogP contribution in [-0.2, 0) is 4.79 Å². The summed E-state index contributed by atoms with van der Waals surface area (Å²) in [5.41, 5.74) is 5.55. The summed E-state index contributed by atoms with van der Waals surface area (Å²) in [6.45, 7) is 2.71. The predicted molar refractivity (Wildman–Crippen MR) is 64.9 cm³/mol. The Morgan fingerprint density at radius 2 is 1.94 bits per heavy atom. The number of rotatable bonds is 3.